The van der Waals surface area contributed by atoms with Gasteiger partial charge in [-0.05, 0) is 35.2 Å². The molecule has 1 aliphatic heterocycles. The Labute approximate surface area is 146 Å². The summed E-state index contributed by atoms with van der Waals surface area (Å²) in [6.45, 7) is 6.38. The van der Waals surface area contributed by atoms with Crippen LogP contribution in [0.5, 0.6) is 11.5 Å². The average Bonchev–Trinajstić information content (AvgIpc) is 3.03. The van der Waals surface area contributed by atoms with E-state index in [0.717, 1.165) is 10.5 Å². The van der Waals surface area contributed by atoms with Crippen LogP contribution in [0.4, 0.5) is 16.2 Å². The second kappa shape index (κ2) is 6.47. The van der Waals surface area contributed by atoms with E-state index in [-0.39, 0.29) is 12.2 Å². The van der Waals surface area contributed by atoms with Crippen LogP contribution < -0.4 is 19.7 Å². The van der Waals surface area contributed by atoms with Crippen molar-refractivity contribution < 1.29 is 19.1 Å². The number of anilines is 2. The highest BCUT2D eigenvalue weighted by molar-refractivity contribution is 6.12. The van der Waals surface area contributed by atoms with Crippen LogP contribution in [0.2, 0.25) is 0 Å². The molecule has 0 unspecified atom stereocenters. The highest BCUT2D eigenvalue weighted by Crippen LogP contribution is 2.34. The van der Waals surface area contributed by atoms with Crippen molar-refractivity contribution in [3.63, 3.8) is 0 Å². The number of rotatable bonds is 3. The van der Waals surface area contributed by atoms with Gasteiger partial charge in [0.25, 0.3) is 0 Å². The summed E-state index contributed by atoms with van der Waals surface area (Å²) in [7, 11) is 0. The number of nitrogens with one attached hydrogen (secondary N) is 1. The number of hydrogen-bond acceptors (Lipinski definition) is 4. The van der Waals surface area contributed by atoms with E-state index in [9.17, 15) is 9.59 Å². The minimum atomic E-state index is -0.542. The van der Waals surface area contributed by atoms with E-state index in [2.05, 4.69) is 26.1 Å². The Kier molecular flexibility index (Phi) is 4.35. The Morgan fingerprint density at radius 1 is 1.12 bits per heavy atom. The van der Waals surface area contributed by atoms with Crippen molar-refractivity contribution in [1.82, 2.24) is 0 Å². The molecule has 1 heterocycles. The van der Waals surface area contributed by atoms with Crippen molar-refractivity contribution in [3.05, 3.63) is 48.0 Å². The lowest BCUT2D eigenvalue weighted by molar-refractivity contribution is -0.106. The minimum absolute atomic E-state index is 0.0850. The molecule has 1 N–H and O–H groups in total. The van der Waals surface area contributed by atoms with E-state index in [1.54, 1.807) is 24.3 Å². The molecule has 0 aromatic heterocycles. The number of benzene rings is 2. The number of hydrogen-bond donors (Lipinski definition) is 1. The fraction of sp³-hybridized carbons (Fsp3) is 0.263. The molecular weight excluding hydrogens is 320 g/mol. The Bertz CT molecular complexity index is 811. The lowest BCUT2D eigenvalue weighted by atomic mass is 9.87. The topological polar surface area (TPSA) is 67.9 Å². The van der Waals surface area contributed by atoms with Gasteiger partial charge in [-0.3, -0.25) is 4.79 Å². The zero-order valence-electron chi connectivity index (χ0n) is 14.4. The standard InChI is InChI=1S/C19H20N2O4/c1-19(2,3)13-5-4-6-15(9-13)21(11-22)18(23)20-14-7-8-16-17(10-14)25-12-24-16/h4-11H,12H2,1-3H3,(H,20,23). The molecule has 0 atom stereocenters. The molecular formula is C19H20N2O4. The van der Waals surface area contributed by atoms with Crippen LogP contribution in [0.3, 0.4) is 0 Å². The van der Waals surface area contributed by atoms with E-state index in [1.807, 2.05) is 18.2 Å². The molecule has 0 fully saturated rings. The lowest BCUT2D eigenvalue weighted by Gasteiger charge is -2.22. The van der Waals surface area contributed by atoms with Gasteiger partial charge in [0.1, 0.15) is 0 Å². The monoisotopic (exact) mass is 340 g/mol. The van der Waals surface area contributed by atoms with Crippen molar-refractivity contribution >= 4 is 23.8 Å². The van der Waals surface area contributed by atoms with Crippen LogP contribution in [-0.2, 0) is 10.2 Å². The van der Waals surface area contributed by atoms with Gasteiger partial charge in [-0.25, -0.2) is 9.69 Å². The van der Waals surface area contributed by atoms with Crippen molar-refractivity contribution in [2.75, 3.05) is 17.0 Å². The smallest absolute Gasteiger partial charge is 0.332 e. The van der Waals surface area contributed by atoms with Crippen molar-refractivity contribution in [1.29, 1.82) is 0 Å². The minimum Gasteiger partial charge on any atom is -0.454 e. The number of imide groups is 1. The SMILES string of the molecule is CC(C)(C)c1cccc(N(C=O)C(=O)Nc2ccc3c(c2)OCO3)c1. The maximum Gasteiger partial charge on any atom is 0.332 e. The summed E-state index contributed by atoms with van der Waals surface area (Å²) in [4.78, 5) is 25.1. The van der Waals surface area contributed by atoms with Gasteiger partial charge in [0.2, 0.25) is 13.2 Å². The second-order valence-electron chi connectivity index (χ2n) is 6.77. The van der Waals surface area contributed by atoms with E-state index >= 15 is 0 Å². The largest absolute Gasteiger partial charge is 0.454 e. The van der Waals surface area contributed by atoms with Gasteiger partial charge in [0, 0.05) is 11.8 Å². The maximum atomic E-state index is 12.5. The van der Waals surface area contributed by atoms with Gasteiger partial charge >= 0.3 is 6.03 Å². The first kappa shape index (κ1) is 16.8. The van der Waals surface area contributed by atoms with Crippen LogP contribution in [-0.4, -0.2) is 19.2 Å². The quantitative estimate of drug-likeness (QED) is 0.860. The van der Waals surface area contributed by atoms with E-state index in [1.165, 1.54) is 0 Å². The summed E-state index contributed by atoms with van der Waals surface area (Å²) in [5.74, 6) is 1.19. The Morgan fingerprint density at radius 2 is 1.88 bits per heavy atom. The maximum absolute atomic E-state index is 12.5. The van der Waals surface area contributed by atoms with Gasteiger partial charge in [-0.1, -0.05) is 32.9 Å². The second-order valence-corrected chi connectivity index (χ2v) is 6.77. The highest BCUT2D eigenvalue weighted by Gasteiger charge is 2.20. The first-order chi connectivity index (χ1) is 11.9. The summed E-state index contributed by atoms with van der Waals surface area (Å²) in [6, 6.07) is 11.9. The summed E-state index contributed by atoms with van der Waals surface area (Å²) >= 11 is 0. The summed E-state index contributed by atoms with van der Waals surface area (Å²) in [5, 5.41) is 2.70. The third-order valence-corrected chi connectivity index (χ3v) is 3.94. The molecule has 0 radical (unpaired) electrons. The average molecular weight is 340 g/mol. The fourth-order valence-corrected chi connectivity index (χ4v) is 2.51. The Balaban J connectivity index is 1.81. The fourth-order valence-electron chi connectivity index (χ4n) is 2.51. The third kappa shape index (κ3) is 3.57. The Morgan fingerprint density at radius 3 is 2.60 bits per heavy atom. The summed E-state index contributed by atoms with van der Waals surface area (Å²) in [6.07, 6.45) is 0.504. The number of urea groups is 1. The van der Waals surface area contributed by atoms with E-state index in [4.69, 9.17) is 9.47 Å². The van der Waals surface area contributed by atoms with Gasteiger partial charge in [0.05, 0.1) is 5.69 Å². The predicted octanol–water partition coefficient (Wildman–Crippen LogP) is 3.91. The molecule has 0 spiro atoms. The number of carbonyl (C=O) groups is 2. The third-order valence-electron chi connectivity index (χ3n) is 3.94. The molecule has 0 bridgehead atoms. The molecule has 25 heavy (non-hydrogen) atoms. The number of nitrogens with zero attached hydrogens (tertiary/aromatic N) is 1. The lowest BCUT2D eigenvalue weighted by Crippen LogP contribution is -2.34. The van der Waals surface area contributed by atoms with Crippen LogP contribution in [0, 0.1) is 0 Å². The van der Waals surface area contributed by atoms with Gasteiger partial charge in [-0.15, -0.1) is 0 Å². The number of carbonyl (C=O) groups excluding carboxylic acids is 2. The molecule has 2 aromatic rings. The van der Waals surface area contributed by atoms with Gasteiger partial charge < -0.3 is 14.8 Å². The summed E-state index contributed by atoms with van der Waals surface area (Å²) in [5.41, 5.74) is 1.99. The molecule has 2 aromatic carbocycles. The molecule has 130 valence electrons. The van der Waals surface area contributed by atoms with Gasteiger partial charge in [0.15, 0.2) is 11.5 Å². The first-order valence-electron chi connectivity index (χ1n) is 7.94. The molecule has 0 aliphatic carbocycles. The van der Waals surface area contributed by atoms with Gasteiger partial charge in [-0.2, -0.15) is 0 Å². The number of fused-ring (bicyclic) bond motifs is 1. The first-order valence-corrected chi connectivity index (χ1v) is 7.94. The molecule has 6 heteroatoms. The number of amides is 3. The zero-order chi connectivity index (χ0) is 18.0. The summed E-state index contributed by atoms with van der Waals surface area (Å²) < 4.78 is 10.5. The van der Waals surface area contributed by atoms with E-state index in [0.29, 0.717) is 29.3 Å². The molecule has 1 aliphatic rings. The molecule has 6 nitrogen and oxygen atoms in total. The highest BCUT2D eigenvalue weighted by atomic mass is 16.7. The van der Waals surface area contributed by atoms with Crippen LogP contribution >= 0.6 is 0 Å². The van der Waals surface area contributed by atoms with E-state index < -0.39 is 6.03 Å². The number of ether oxygens (including phenoxy) is 2. The van der Waals surface area contributed by atoms with Crippen molar-refractivity contribution in [3.8, 4) is 11.5 Å². The molecule has 0 saturated heterocycles. The normalized spacial score (nSPS) is 12.6. The van der Waals surface area contributed by atoms with Crippen molar-refractivity contribution in [2.24, 2.45) is 0 Å². The van der Waals surface area contributed by atoms with Crippen molar-refractivity contribution in [2.45, 2.75) is 26.2 Å². The molecule has 3 rings (SSSR count). The van der Waals surface area contributed by atoms with Crippen LogP contribution in [0.25, 0.3) is 0 Å². The van der Waals surface area contributed by atoms with Crippen LogP contribution in [0.15, 0.2) is 42.5 Å². The molecule has 0 saturated carbocycles. The predicted molar refractivity (Wildman–Crippen MR) is 95.3 cm³/mol. The zero-order valence-corrected chi connectivity index (χ0v) is 14.4. The van der Waals surface area contributed by atoms with Crippen LogP contribution in [0.1, 0.15) is 26.3 Å². The Hall–Kier alpha value is -3.02. The molecule has 3 amide bonds.